The summed E-state index contributed by atoms with van der Waals surface area (Å²) in [5, 5.41) is 11.8. The highest BCUT2D eigenvalue weighted by Crippen LogP contribution is 2.27. The minimum absolute atomic E-state index is 0.232. The summed E-state index contributed by atoms with van der Waals surface area (Å²) in [6.07, 6.45) is 2.69. The number of anilines is 1. The van der Waals surface area contributed by atoms with Gasteiger partial charge in [0, 0.05) is 18.8 Å². The van der Waals surface area contributed by atoms with Gasteiger partial charge in [-0.05, 0) is 63.5 Å². The number of nitrogens with zero attached hydrogens (tertiary/aromatic N) is 3. The summed E-state index contributed by atoms with van der Waals surface area (Å²) in [6.45, 7) is 5.76. The van der Waals surface area contributed by atoms with Gasteiger partial charge in [-0.25, -0.2) is 14.8 Å². The molecule has 3 N–H and O–H groups in total. The molecule has 1 aliphatic heterocycles. The largest absolute Gasteiger partial charge is 0.426 e. The van der Waals surface area contributed by atoms with Crippen LogP contribution in [-0.4, -0.2) is 47.3 Å². The molecular weight excluding hydrogens is 439 g/mol. The van der Waals surface area contributed by atoms with Crippen molar-refractivity contribution >= 4 is 35.2 Å². The maximum absolute atomic E-state index is 12.6. The first kappa shape index (κ1) is 23.5. The van der Waals surface area contributed by atoms with Crippen molar-refractivity contribution in [2.45, 2.75) is 45.3 Å². The van der Waals surface area contributed by atoms with E-state index in [-0.39, 0.29) is 12.1 Å². The Hall–Kier alpha value is -2.13. The Kier molecular flexibility index (Phi) is 8.31. The first-order valence-electron chi connectivity index (χ1n) is 10.3. The van der Waals surface area contributed by atoms with E-state index in [0.717, 1.165) is 16.8 Å². The SMILES string of the molecule is CNCCC(NC(=O)ON1CCc2cnc(NC(C)C)nc2C1)c1ccc(Cl)c(Cl)c1. The molecule has 0 saturated carbocycles. The number of carbonyl (C=O) groups is 1. The van der Waals surface area contributed by atoms with E-state index in [1.807, 2.05) is 33.2 Å². The Morgan fingerprint density at radius 1 is 1.29 bits per heavy atom. The van der Waals surface area contributed by atoms with Crippen molar-refractivity contribution in [3.63, 3.8) is 0 Å². The highest BCUT2D eigenvalue weighted by molar-refractivity contribution is 6.42. The molecule has 3 rings (SSSR count). The number of hydrogen-bond acceptors (Lipinski definition) is 7. The van der Waals surface area contributed by atoms with E-state index in [2.05, 4.69) is 25.9 Å². The molecular formula is C21H28Cl2N6O2. The van der Waals surface area contributed by atoms with E-state index in [0.29, 0.717) is 48.5 Å². The fraction of sp³-hybridized carbons (Fsp3) is 0.476. The van der Waals surface area contributed by atoms with Crippen LogP contribution >= 0.6 is 23.2 Å². The summed E-state index contributed by atoms with van der Waals surface area (Å²) in [4.78, 5) is 27.1. The van der Waals surface area contributed by atoms with Gasteiger partial charge in [0.15, 0.2) is 0 Å². The van der Waals surface area contributed by atoms with Crippen molar-refractivity contribution in [2.75, 3.05) is 25.5 Å². The van der Waals surface area contributed by atoms with Crippen LogP contribution in [-0.2, 0) is 17.8 Å². The predicted octanol–water partition coefficient (Wildman–Crippen LogP) is 3.95. The van der Waals surface area contributed by atoms with Crippen LogP contribution < -0.4 is 16.0 Å². The van der Waals surface area contributed by atoms with Gasteiger partial charge < -0.3 is 20.8 Å². The number of amides is 1. The maximum Gasteiger partial charge on any atom is 0.426 e. The van der Waals surface area contributed by atoms with Crippen LogP contribution in [0.25, 0.3) is 0 Å². The zero-order valence-corrected chi connectivity index (χ0v) is 19.4. The number of carbonyl (C=O) groups excluding carboxylic acids is 1. The molecule has 1 aromatic heterocycles. The van der Waals surface area contributed by atoms with Gasteiger partial charge in [-0.2, -0.15) is 0 Å². The highest BCUT2D eigenvalue weighted by Gasteiger charge is 2.23. The predicted molar refractivity (Wildman–Crippen MR) is 122 cm³/mol. The minimum atomic E-state index is -0.523. The number of nitrogens with one attached hydrogen (secondary N) is 3. The molecule has 10 heteroatoms. The molecule has 1 aromatic carbocycles. The molecule has 31 heavy (non-hydrogen) atoms. The average molecular weight is 467 g/mol. The third-order valence-electron chi connectivity index (χ3n) is 4.86. The van der Waals surface area contributed by atoms with E-state index in [9.17, 15) is 4.79 Å². The normalized spacial score (nSPS) is 14.8. The zero-order valence-electron chi connectivity index (χ0n) is 17.9. The van der Waals surface area contributed by atoms with E-state index >= 15 is 0 Å². The van der Waals surface area contributed by atoms with Crippen LogP contribution in [0, 0.1) is 0 Å². The maximum atomic E-state index is 12.6. The number of aromatic nitrogens is 2. The van der Waals surface area contributed by atoms with Crippen molar-refractivity contribution in [2.24, 2.45) is 0 Å². The van der Waals surface area contributed by atoms with Gasteiger partial charge in [0.1, 0.15) is 0 Å². The molecule has 0 spiro atoms. The van der Waals surface area contributed by atoms with Gasteiger partial charge in [-0.1, -0.05) is 29.3 Å². The van der Waals surface area contributed by atoms with Gasteiger partial charge in [0.2, 0.25) is 5.95 Å². The van der Waals surface area contributed by atoms with Crippen LogP contribution in [0.15, 0.2) is 24.4 Å². The first-order valence-corrected chi connectivity index (χ1v) is 11.1. The van der Waals surface area contributed by atoms with Crippen LogP contribution in [0.5, 0.6) is 0 Å². The molecule has 2 aromatic rings. The van der Waals surface area contributed by atoms with Crippen LogP contribution in [0.1, 0.15) is 43.1 Å². The highest BCUT2D eigenvalue weighted by atomic mass is 35.5. The topological polar surface area (TPSA) is 91.4 Å². The Balaban J connectivity index is 1.63. The number of hydrogen-bond donors (Lipinski definition) is 3. The number of benzene rings is 1. The minimum Gasteiger partial charge on any atom is -0.352 e. The van der Waals surface area contributed by atoms with Gasteiger partial charge in [0.25, 0.3) is 0 Å². The molecule has 0 bridgehead atoms. The van der Waals surface area contributed by atoms with E-state index in [1.54, 1.807) is 17.2 Å². The van der Waals surface area contributed by atoms with Crippen LogP contribution in [0.4, 0.5) is 10.7 Å². The number of fused-ring (bicyclic) bond motifs is 1. The molecule has 1 atom stereocenters. The molecule has 0 aliphatic carbocycles. The molecule has 1 unspecified atom stereocenters. The lowest BCUT2D eigenvalue weighted by Crippen LogP contribution is -2.39. The van der Waals surface area contributed by atoms with Crippen molar-refractivity contribution < 1.29 is 9.63 Å². The van der Waals surface area contributed by atoms with Crippen LogP contribution in [0.2, 0.25) is 10.0 Å². The lowest BCUT2D eigenvalue weighted by atomic mass is 10.0. The smallest absolute Gasteiger partial charge is 0.352 e. The van der Waals surface area contributed by atoms with E-state index in [1.165, 1.54) is 0 Å². The second-order valence-corrected chi connectivity index (χ2v) is 8.53. The summed E-state index contributed by atoms with van der Waals surface area (Å²) < 4.78 is 0. The molecule has 1 aliphatic rings. The first-order chi connectivity index (χ1) is 14.9. The summed E-state index contributed by atoms with van der Waals surface area (Å²) in [6, 6.07) is 5.31. The summed E-state index contributed by atoms with van der Waals surface area (Å²) in [5.41, 5.74) is 2.79. The zero-order chi connectivity index (χ0) is 22.4. The summed E-state index contributed by atoms with van der Waals surface area (Å²) in [5.74, 6) is 0.576. The van der Waals surface area contributed by atoms with E-state index in [4.69, 9.17) is 28.0 Å². The Morgan fingerprint density at radius 2 is 2.10 bits per heavy atom. The quantitative estimate of drug-likeness (QED) is 0.542. The van der Waals surface area contributed by atoms with Crippen molar-refractivity contribution in [3.05, 3.63) is 51.3 Å². The monoisotopic (exact) mass is 466 g/mol. The second kappa shape index (κ2) is 10.9. The van der Waals surface area contributed by atoms with Gasteiger partial charge in [-0.3, -0.25) is 0 Å². The molecule has 0 saturated heterocycles. The van der Waals surface area contributed by atoms with Gasteiger partial charge in [-0.15, -0.1) is 5.06 Å². The fourth-order valence-corrected chi connectivity index (χ4v) is 3.62. The molecule has 0 radical (unpaired) electrons. The molecule has 168 valence electrons. The van der Waals surface area contributed by atoms with Crippen molar-refractivity contribution in [1.29, 1.82) is 0 Å². The van der Waals surface area contributed by atoms with Crippen LogP contribution in [0.3, 0.4) is 0 Å². The van der Waals surface area contributed by atoms with Crippen molar-refractivity contribution in [1.82, 2.24) is 25.7 Å². The molecule has 0 fully saturated rings. The Labute approximate surface area is 192 Å². The number of hydroxylamine groups is 2. The van der Waals surface area contributed by atoms with Gasteiger partial charge >= 0.3 is 6.09 Å². The molecule has 1 amide bonds. The lowest BCUT2D eigenvalue weighted by molar-refractivity contribution is -0.112. The third kappa shape index (κ3) is 6.67. The Bertz CT molecular complexity index is 911. The van der Waals surface area contributed by atoms with Crippen molar-refractivity contribution in [3.8, 4) is 0 Å². The Morgan fingerprint density at radius 3 is 2.81 bits per heavy atom. The number of rotatable bonds is 8. The average Bonchev–Trinajstić information content (AvgIpc) is 2.72. The lowest BCUT2D eigenvalue weighted by Gasteiger charge is -2.28. The van der Waals surface area contributed by atoms with Gasteiger partial charge in [0.05, 0.1) is 28.3 Å². The molecule has 8 nitrogen and oxygen atoms in total. The summed E-state index contributed by atoms with van der Waals surface area (Å²) >= 11 is 12.2. The second-order valence-electron chi connectivity index (χ2n) is 7.72. The third-order valence-corrected chi connectivity index (χ3v) is 5.60. The number of halogens is 2. The molecule has 2 heterocycles. The standard InChI is InChI=1S/C21H28Cl2N6O2/c1-13(2)26-20-25-11-15-7-9-29(12-19(15)27-20)31-21(30)28-18(6-8-24-3)14-4-5-16(22)17(23)10-14/h4-5,10-11,13,18,24H,6-9,12H2,1-3H3,(H,28,30)(H,25,26,27). The fourth-order valence-electron chi connectivity index (χ4n) is 3.31. The summed E-state index contributed by atoms with van der Waals surface area (Å²) in [7, 11) is 1.86. The van der Waals surface area contributed by atoms with E-state index < -0.39 is 6.09 Å².